The first-order valence-corrected chi connectivity index (χ1v) is 8.36. The first-order valence-electron chi connectivity index (χ1n) is 8.36. The lowest BCUT2D eigenvalue weighted by atomic mass is 9.80. The number of nitro groups is 1. The molecule has 126 valence electrons. The Morgan fingerprint density at radius 2 is 1.79 bits per heavy atom. The first kappa shape index (κ1) is 16.5. The minimum atomic E-state index is -1.16. The van der Waals surface area contributed by atoms with Crippen molar-refractivity contribution in [3.05, 3.63) is 75.8 Å². The predicted molar refractivity (Wildman–Crippen MR) is 92.6 cm³/mol. The van der Waals surface area contributed by atoms with E-state index in [0.29, 0.717) is 12.3 Å². The van der Waals surface area contributed by atoms with Gasteiger partial charge in [0.05, 0.1) is 4.92 Å². The van der Waals surface area contributed by atoms with Crippen LogP contribution in [-0.2, 0) is 5.54 Å². The molecule has 24 heavy (non-hydrogen) atoms. The zero-order chi connectivity index (χ0) is 17.2. The first-order chi connectivity index (χ1) is 11.7. The summed E-state index contributed by atoms with van der Waals surface area (Å²) in [4.78, 5) is 13.8. The number of hydrogen-bond acceptors (Lipinski definition) is 4. The molecule has 2 atom stereocenters. The molecule has 5 nitrogen and oxygen atoms in total. The van der Waals surface area contributed by atoms with Crippen molar-refractivity contribution in [3.8, 4) is 5.75 Å². The SMILES string of the molecule is CCCN(CC)C1(c2ccccc2)c2ccccc2OC1[N+](=O)[O-]. The van der Waals surface area contributed by atoms with E-state index in [0.717, 1.165) is 24.1 Å². The van der Waals surface area contributed by atoms with Gasteiger partial charge < -0.3 is 4.74 Å². The highest BCUT2D eigenvalue weighted by molar-refractivity contribution is 5.51. The Morgan fingerprint density at radius 3 is 2.42 bits per heavy atom. The minimum Gasteiger partial charge on any atom is -0.428 e. The van der Waals surface area contributed by atoms with Crippen LogP contribution in [0.5, 0.6) is 5.75 Å². The van der Waals surface area contributed by atoms with Gasteiger partial charge in [-0.3, -0.25) is 15.0 Å². The Bertz CT molecular complexity index is 720. The summed E-state index contributed by atoms with van der Waals surface area (Å²) in [6, 6.07) is 17.2. The summed E-state index contributed by atoms with van der Waals surface area (Å²) in [5, 5.41) is 11.9. The van der Waals surface area contributed by atoms with E-state index in [9.17, 15) is 10.1 Å². The molecule has 3 rings (SSSR count). The highest BCUT2D eigenvalue weighted by atomic mass is 16.7. The Labute approximate surface area is 142 Å². The van der Waals surface area contributed by atoms with Crippen molar-refractivity contribution in [2.75, 3.05) is 13.1 Å². The van der Waals surface area contributed by atoms with E-state index in [1.54, 1.807) is 0 Å². The van der Waals surface area contributed by atoms with Gasteiger partial charge in [0.15, 0.2) is 5.54 Å². The number of fused-ring (bicyclic) bond motifs is 1. The van der Waals surface area contributed by atoms with Crippen molar-refractivity contribution >= 4 is 0 Å². The van der Waals surface area contributed by atoms with Crippen molar-refractivity contribution in [1.82, 2.24) is 4.90 Å². The topological polar surface area (TPSA) is 55.6 Å². The van der Waals surface area contributed by atoms with Gasteiger partial charge in [0.1, 0.15) is 5.75 Å². The summed E-state index contributed by atoms with van der Waals surface area (Å²) < 4.78 is 5.83. The third kappa shape index (κ3) is 2.36. The Hall–Kier alpha value is -2.40. The van der Waals surface area contributed by atoms with Gasteiger partial charge in [-0.2, -0.15) is 0 Å². The molecule has 0 spiro atoms. The van der Waals surface area contributed by atoms with E-state index in [1.807, 2.05) is 61.5 Å². The fourth-order valence-electron chi connectivity index (χ4n) is 3.77. The van der Waals surface area contributed by atoms with E-state index in [2.05, 4.69) is 11.8 Å². The number of para-hydroxylation sites is 1. The molecule has 1 aliphatic heterocycles. The second kappa shape index (κ2) is 6.61. The average molecular weight is 326 g/mol. The number of likely N-dealkylation sites (N-methyl/N-ethyl adjacent to an activating group) is 1. The monoisotopic (exact) mass is 326 g/mol. The van der Waals surface area contributed by atoms with Gasteiger partial charge in [0.25, 0.3) is 0 Å². The second-order valence-electron chi connectivity index (χ2n) is 5.96. The van der Waals surface area contributed by atoms with E-state index in [4.69, 9.17) is 4.74 Å². The van der Waals surface area contributed by atoms with Crippen LogP contribution in [0.15, 0.2) is 54.6 Å². The van der Waals surface area contributed by atoms with Crippen LogP contribution < -0.4 is 4.74 Å². The van der Waals surface area contributed by atoms with Crippen molar-refractivity contribution in [1.29, 1.82) is 0 Å². The van der Waals surface area contributed by atoms with Crippen LogP contribution in [0.4, 0.5) is 0 Å². The normalized spacial score (nSPS) is 22.2. The highest BCUT2D eigenvalue weighted by Gasteiger charge is 2.60. The molecule has 2 aromatic carbocycles. The number of nitrogens with zero attached hydrogens (tertiary/aromatic N) is 2. The number of hydrogen-bond donors (Lipinski definition) is 0. The Morgan fingerprint density at radius 1 is 1.12 bits per heavy atom. The van der Waals surface area contributed by atoms with Gasteiger partial charge in [-0.1, -0.05) is 62.4 Å². The van der Waals surface area contributed by atoms with Gasteiger partial charge in [-0.15, -0.1) is 0 Å². The van der Waals surface area contributed by atoms with Gasteiger partial charge in [0.2, 0.25) is 0 Å². The van der Waals surface area contributed by atoms with E-state index in [1.165, 1.54) is 0 Å². The quantitative estimate of drug-likeness (QED) is 0.600. The number of benzene rings is 2. The van der Waals surface area contributed by atoms with Crippen molar-refractivity contribution < 1.29 is 9.66 Å². The summed E-state index contributed by atoms with van der Waals surface area (Å²) in [5.41, 5.74) is 0.853. The summed E-state index contributed by atoms with van der Waals surface area (Å²) in [7, 11) is 0. The molecule has 1 heterocycles. The van der Waals surface area contributed by atoms with Crippen molar-refractivity contribution in [2.24, 2.45) is 0 Å². The van der Waals surface area contributed by atoms with E-state index >= 15 is 0 Å². The Kier molecular flexibility index (Phi) is 4.53. The molecule has 2 unspecified atom stereocenters. The molecule has 2 aromatic rings. The zero-order valence-electron chi connectivity index (χ0n) is 14.0. The maximum Gasteiger partial charge on any atom is 0.380 e. The van der Waals surface area contributed by atoms with Crippen molar-refractivity contribution in [3.63, 3.8) is 0 Å². The molecule has 0 saturated carbocycles. The molecule has 0 N–H and O–H groups in total. The fraction of sp³-hybridized carbons (Fsp3) is 0.368. The van der Waals surface area contributed by atoms with Gasteiger partial charge >= 0.3 is 6.23 Å². The molecule has 0 aromatic heterocycles. The summed E-state index contributed by atoms with van der Waals surface area (Å²) in [5.74, 6) is 0.595. The largest absolute Gasteiger partial charge is 0.428 e. The summed E-state index contributed by atoms with van der Waals surface area (Å²) >= 11 is 0. The van der Waals surface area contributed by atoms with Gasteiger partial charge in [-0.05, 0) is 31.1 Å². The standard InChI is InChI=1S/C19H22N2O3/c1-3-14-20(4-2)19(15-10-6-5-7-11-15)16-12-8-9-13-17(16)24-18(19)21(22)23/h5-13,18H,3-4,14H2,1-2H3. The Balaban J connectivity index is 2.31. The van der Waals surface area contributed by atoms with Gasteiger partial charge in [-0.25, -0.2) is 0 Å². The lowest BCUT2D eigenvalue weighted by Gasteiger charge is -2.40. The molecule has 0 aliphatic carbocycles. The average Bonchev–Trinajstić information content (AvgIpc) is 2.97. The maximum atomic E-state index is 11.9. The van der Waals surface area contributed by atoms with E-state index in [-0.39, 0.29) is 4.92 Å². The van der Waals surface area contributed by atoms with Crippen LogP contribution >= 0.6 is 0 Å². The van der Waals surface area contributed by atoms with Crippen LogP contribution in [0.25, 0.3) is 0 Å². The number of ether oxygens (including phenoxy) is 1. The molecule has 0 amide bonds. The minimum absolute atomic E-state index is 0.300. The van der Waals surface area contributed by atoms with Crippen LogP contribution in [0.1, 0.15) is 31.4 Å². The molecule has 0 fully saturated rings. The van der Waals surface area contributed by atoms with Crippen molar-refractivity contribution in [2.45, 2.75) is 32.0 Å². The lowest BCUT2D eigenvalue weighted by Crippen LogP contribution is -2.56. The third-order valence-corrected chi connectivity index (χ3v) is 4.67. The van der Waals surface area contributed by atoms with Crippen LogP contribution in [0.2, 0.25) is 0 Å². The van der Waals surface area contributed by atoms with Crippen LogP contribution in [0.3, 0.4) is 0 Å². The fourth-order valence-corrected chi connectivity index (χ4v) is 3.77. The van der Waals surface area contributed by atoms with Gasteiger partial charge in [0, 0.05) is 5.56 Å². The highest BCUT2D eigenvalue weighted by Crippen LogP contribution is 2.49. The summed E-state index contributed by atoms with van der Waals surface area (Å²) in [6.07, 6.45) is -0.251. The molecule has 0 radical (unpaired) electrons. The molecule has 0 saturated heterocycles. The predicted octanol–water partition coefficient (Wildman–Crippen LogP) is 3.66. The molecule has 1 aliphatic rings. The number of rotatable bonds is 6. The maximum absolute atomic E-state index is 11.9. The van der Waals surface area contributed by atoms with E-state index < -0.39 is 11.8 Å². The lowest BCUT2D eigenvalue weighted by molar-refractivity contribution is -0.576. The molecule has 0 bridgehead atoms. The third-order valence-electron chi connectivity index (χ3n) is 4.67. The second-order valence-corrected chi connectivity index (χ2v) is 5.96. The molecular weight excluding hydrogens is 304 g/mol. The molecule has 5 heteroatoms. The van der Waals surface area contributed by atoms with Crippen LogP contribution in [-0.4, -0.2) is 29.1 Å². The smallest absolute Gasteiger partial charge is 0.380 e. The summed E-state index contributed by atoms with van der Waals surface area (Å²) in [6.45, 7) is 5.58. The molecular formula is C19H22N2O3. The van der Waals surface area contributed by atoms with Crippen LogP contribution in [0, 0.1) is 10.1 Å². The zero-order valence-corrected chi connectivity index (χ0v) is 14.0.